The molecule has 0 aliphatic rings. The normalized spacial score (nSPS) is 10.9. The lowest BCUT2D eigenvalue weighted by Crippen LogP contribution is -2.27. The van der Waals surface area contributed by atoms with Crippen molar-refractivity contribution >= 4 is 40.9 Å². The third-order valence-corrected chi connectivity index (χ3v) is 3.57. The van der Waals surface area contributed by atoms with Crippen molar-refractivity contribution in [1.29, 1.82) is 0 Å². The van der Waals surface area contributed by atoms with E-state index in [9.17, 15) is 0 Å². The highest BCUT2D eigenvalue weighted by Crippen LogP contribution is 2.15. The molecule has 5 nitrogen and oxygen atoms in total. The van der Waals surface area contributed by atoms with Crippen LogP contribution in [0.2, 0.25) is 0 Å². The first-order valence-corrected chi connectivity index (χ1v) is 8.35. The van der Waals surface area contributed by atoms with E-state index in [4.69, 9.17) is 23.2 Å². The molecule has 0 saturated heterocycles. The minimum atomic E-state index is 0.571. The van der Waals surface area contributed by atoms with E-state index in [0.29, 0.717) is 17.6 Å². The van der Waals surface area contributed by atoms with E-state index in [-0.39, 0.29) is 0 Å². The van der Waals surface area contributed by atoms with E-state index >= 15 is 0 Å². The van der Waals surface area contributed by atoms with Gasteiger partial charge in [-0.25, -0.2) is 4.98 Å². The third-order valence-electron chi connectivity index (χ3n) is 3.23. The minimum Gasteiger partial charge on any atom is -0.369 e. The number of nitrogens with one attached hydrogen (secondary N) is 1. The molecule has 1 aromatic heterocycles. The van der Waals surface area contributed by atoms with Gasteiger partial charge in [-0.05, 0) is 24.6 Å². The van der Waals surface area contributed by atoms with Crippen LogP contribution in [0.3, 0.4) is 0 Å². The lowest BCUT2D eigenvalue weighted by Gasteiger charge is -2.22. The molecule has 0 fully saturated rings. The molecule has 0 aliphatic heterocycles. The standard InChI is InChI=1S/C16H19Cl2N5/c1-13-16(20-9-8-19-13)22-21-12-14-2-4-15(5-3-14)23(10-6-17)11-7-18/h2-5,8-9,12H,6-7,10-11H2,1H3,(H,20,22)/b21-12+. The number of alkyl halides is 2. The van der Waals surface area contributed by atoms with Crippen LogP contribution in [0, 0.1) is 6.92 Å². The van der Waals surface area contributed by atoms with Crippen LogP contribution in [0.4, 0.5) is 11.5 Å². The number of halogens is 2. The Labute approximate surface area is 146 Å². The molecule has 1 aromatic carbocycles. The predicted octanol–water partition coefficient (Wildman–Crippen LogP) is 3.52. The molecular weight excluding hydrogens is 333 g/mol. The first-order chi connectivity index (χ1) is 11.2. The van der Waals surface area contributed by atoms with Crippen molar-refractivity contribution in [3.63, 3.8) is 0 Å². The van der Waals surface area contributed by atoms with Gasteiger partial charge in [-0.3, -0.25) is 10.4 Å². The van der Waals surface area contributed by atoms with E-state index in [0.717, 1.165) is 30.0 Å². The number of hydrogen-bond acceptors (Lipinski definition) is 5. The van der Waals surface area contributed by atoms with Crippen LogP contribution in [0.5, 0.6) is 0 Å². The molecule has 0 saturated carbocycles. The average molecular weight is 352 g/mol. The highest BCUT2D eigenvalue weighted by atomic mass is 35.5. The van der Waals surface area contributed by atoms with Crippen LogP contribution in [-0.4, -0.2) is 41.0 Å². The number of rotatable bonds is 8. The fourth-order valence-corrected chi connectivity index (χ4v) is 2.44. The van der Waals surface area contributed by atoms with Crippen LogP contribution >= 0.6 is 23.2 Å². The molecule has 122 valence electrons. The Morgan fingerprint density at radius 3 is 2.35 bits per heavy atom. The van der Waals surface area contributed by atoms with Crippen LogP contribution in [-0.2, 0) is 0 Å². The van der Waals surface area contributed by atoms with E-state index < -0.39 is 0 Å². The number of hydrazone groups is 1. The first kappa shape index (κ1) is 17.5. The van der Waals surface area contributed by atoms with E-state index in [1.807, 2.05) is 31.2 Å². The van der Waals surface area contributed by atoms with Gasteiger partial charge in [-0.2, -0.15) is 5.10 Å². The molecule has 0 radical (unpaired) electrons. The summed E-state index contributed by atoms with van der Waals surface area (Å²) in [5.74, 6) is 1.79. The number of aryl methyl sites for hydroxylation is 1. The van der Waals surface area contributed by atoms with Crippen molar-refractivity contribution in [3.8, 4) is 0 Å². The summed E-state index contributed by atoms with van der Waals surface area (Å²) in [5.41, 5.74) is 5.78. The van der Waals surface area contributed by atoms with E-state index in [1.54, 1.807) is 18.6 Å². The molecule has 0 unspecified atom stereocenters. The molecule has 0 aliphatic carbocycles. The molecule has 0 amide bonds. The van der Waals surface area contributed by atoms with Crippen LogP contribution in [0.15, 0.2) is 41.8 Å². The molecule has 1 N–H and O–H groups in total. The van der Waals surface area contributed by atoms with Crippen molar-refractivity contribution in [1.82, 2.24) is 9.97 Å². The maximum absolute atomic E-state index is 5.83. The van der Waals surface area contributed by atoms with Gasteiger partial charge in [-0.1, -0.05) is 12.1 Å². The maximum Gasteiger partial charge on any atom is 0.167 e. The van der Waals surface area contributed by atoms with Crippen molar-refractivity contribution in [3.05, 3.63) is 47.9 Å². The van der Waals surface area contributed by atoms with E-state index in [2.05, 4.69) is 25.4 Å². The second kappa shape index (κ2) is 9.33. The molecular formula is C16H19Cl2N5. The summed E-state index contributed by atoms with van der Waals surface area (Å²) in [6, 6.07) is 8.07. The monoisotopic (exact) mass is 351 g/mol. The Hall–Kier alpha value is -1.85. The van der Waals surface area contributed by atoms with Crippen LogP contribution in [0.1, 0.15) is 11.3 Å². The smallest absolute Gasteiger partial charge is 0.167 e. The van der Waals surface area contributed by atoms with Gasteiger partial charge in [-0.15, -0.1) is 23.2 Å². The predicted molar refractivity (Wildman–Crippen MR) is 98.1 cm³/mol. The summed E-state index contributed by atoms with van der Waals surface area (Å²) in [6.07, 6.45) is 5.02. The molecule has 0 atom stereocenters. The third kappa shape index (κ3) is 5.37. The Balaban J connectivity index is 1.99. The highest BCUT2D eigenvalue weighted by molar-refractivity contribution is 6.18. The molecule has 2 aromatic rings. The van der Waals surface area contributed by atoms with Gasteiger partial charge >= 0.3 is 0 Å². The van der Waals surface area contributed by atoms with Gasteiger partial charge < -0.3 is 4.90 Å². The number of aromatic nitrogens is 2. The fraction of sp³-hybridized carbons (Fsp3) is 0.312. The molecule has 23 heavy (non-hydrogen) atoms. The summed E-state index contributed by atoms with van der Waals surface area (Å²) >= 11 is 11.7. The van der Waals surface area contributed by atoms with Crippen molar-refractivity contribution in [2.24, 2.45) is 5.10 Å². The zero-order chi connectivity index (χ0) is 16.5. The largest absolute Gasteiger partial charge is 0.369 e. The minimum absolute atomic E-state index is 0.571. The molecule has 0 bridgehead atoms. The maximum atomic E-state index is 5.83. The zero-order valence-electron chi connectivity index (χ0n) is 12.9. The summed E-state index contributed by atoms with van der Waals surface area (Å²) in [7, 11) is 0. The summed E-state index contributed by atoms with van der Waals surface area (Å²) in [5, 5.41) is 4.19. The van der Waals surface area contributed by atoms with Gasteiger partial charge in [0.05, 0.1) is 11.9 Å². The average Bonchev–Trinajstić information content (AvgIpc) is 2.57. The quantitative estimate of drug-likeness (QED) is 0.449. The lowest BCUT2D eigenvalue weighted by atomic mass is 10.2. The number of nitrogens with zero attached hydrogens (tertiary/aromatic N) is 4. The molecule has 7 heteroatoms. The van der Waals surface area contributed by atoms with Crippen molar-refractivity contribution in [2.45, 2.75) is 6.92 Å². The van der Waals surface area contributed by atoms with Gasteiger partial charge in [0.15, 0.2) is 5.82 Å². The van der Waals surface area contributed by atoms with Crippen LogP contribution < -0.4 is 10.3 Å². The number of benzene rings is 1. The zero-order valence-corrected chi connectivity index (χ0v) is 14.4. The summed E-state index contributed by atoms with van der Waals surface area (Å²) in [4.78, 5) is 10.5. The second-order valence-corrected chi connectivity index (χ2v) is 5.57. The number of hydrogen-bond donors (Lipinski definition) is 1. The van der Waals surface area contributed by atoms with Crippen LogP contribution in [0.25, 0.3) is 0 Å². The topological polar surface area (TPSA) is 53.4 Å². The first-order valence-electron chi connectivity index (χ1n) is 7.28. The van der Waals surface area contributed by atoms with Gasteiger partial charge in [0.1, 0.15) is 0 Å². The van der Waals surface area contributed by atoms with Gasteiger partial charge in [0.2, 0.25) is 0 Å². The highest BCUT2D eigenvalue weighted by Gasteiger charge is 2.04. The summed E-state index contributed by atoms with van der Waals surface area (Å²) < 4.78 is 0. The Morgan fingerprint density at radius 2 is 1.74 bits per heavy atom. The van der Waals surface area contributed by atoms with E-state index in [1.165, 1.54) is 0 Å². The van der Waals surface area contributed by atoms with Gasteiger partial charge in [0.25, 0.3) is 0 Å². The SMILES string of the molecule is Cc1nccnc1N/N=C/c1ccc(N(CCCl)CCCl)cc1. The molecule has 0 spiro atoms. The van der Waals surface area contributed by atoms with Crippen molar-refractivity contribution < 1.29 is 0 Å². The summed E-state index contributed by atoms with van der Waals surface area (Å²) in [6.45, 7) is 3.42. The van der Waals surface area contributed by atoms with Crippen molar-refractivity contribution in [2.75, 3.05) is 35.2 Å². The Bertz CT molecular complexity index is 625. The second-order valence-electron chi connectivity index (χ2n) is 4.82. The Kier molecular flexibility index (Phi) is 7.10. The number of anilines is 2. The lowest BCUT2D eigenvalue weighted by molar-refractivity contribution is 0.874. The Morgan fingerprint density at radius 1 is 1.09 bits per heavy atom. The molecule has 1 heterocycles. The van der Waals surface area contributed by atoms with Gasteiger partial charge in [0, 0.05) is 42.9 Å². The fourth-order valence-electron chi connectivity index (χ4n) is 2.03. The molecule has 2 rings (SSSR count).